The van der Waals surface area contributed by atoms with E-state index >= 15 is 0 Å². The predicted octanol–water partition coefficient (Wildman–Crippen LogP) is 2.60. The van der Waals surface area contributed by atoms with E-state index in [1.807, 2.05) is 0 Å². The summed E-state index contributed by atoms with van der Waals surface area (Å²) in [6.07, 6.45) is 9.31. The van der Waals surface area contributed by atoms with E-state index in [0.29, 0.717) is 11.5 Å². The summed E-state index contributed by atoms with van der Waals surface area (Å²) in [7, 11) is 0. The molecule has 1 aliphatic heterocycles. The number of hydrogen-bond donors (Lipinski definition) is 1. The zero-order valence-corrected chi connectivity index (χ0v) is 12.8. The first-order valence-corrected chi connectivity index (χ1v) is 8.66. The Hall–Kier alpha value is -0.120. The topological polar surface area (TPSA) is 30.5 Å². The van der Waals surface area contributed by atoms with E-state index in [4.69, 9.17) is 9.47 Å². The van der Waals surface area contributed by atoms with E-state index in [1.54, 1.807) is 0 Å². The minimum Gasteiger partial charge on any atom is -0.376 e. The summed E-state index contributed by atoms with van der Waals surface area (Å²) in [5.74, 6) is 3.12. The van der Waals surface area contributed by atoms with Crippen molar-refractivity contribution in [3.63, 3.8) is 0 Å². The third-order valence-electron chi connectivity index (χ3n) is 6.54. The molecule has 5 rings (SSSR count). The summed E-state index contributed by atoms with van der Waals surface area (Å²) >= 11 is 0. The van der Waals surface area contributed by atoms with Crippen molar-refractivity contribution in [1.29, 1.82) is 0 Å². The Bertz CT molecular complexity index is 316. The van der Waals surface area contributed by atoms with Crippen LogP contribution >= 0.6 is 0 Å². The minimum absolute atomic E-state index is 0.264. The lowest BCUT2D eigenvalue weighted by molar-refractivity contribution is -0.0959. The van der Waals surface area contributed by atoms with Crippen molar-refractivity contribution in [3.05, 3.63) is 0 Å². The molecule has 4 bridgehead atoms. The molecule has 0 aromatic rings. The van der Waals surface area contributed by atoms with Crippen LogP contribution in [0, 0.1) is 23.2 Å². The fourth-order valence-corrected chi connectivity index (χ4v) is 5.89. The monoisotopic (exact) mass is 279 g/mol. The van der Waals surface area contributed by atoms with Crippen LogP contribution in [0.4, 0.5) is 0 Å². The molecule has 114 valence electrons. The van der Waals surface area contributed by atoms with Crippen molar-refractivity contribution in [2.75, 3.05) is 26.4 Å². The maximum atomic E-state index is 5.76. The molecule has 5 fully saturated rings. The molecule has 0 radical (unpaired) electrons. The molecule has 1 saturated heterocycles. The first-order valence-electron chi connectivity index (χ1n) is 8.66. The van der Waals surface area contributed by atoms with Gasteiger partial charge in [0.05, 0.1) is 25.9 Å². The van der Waals surface area contributed by atoms with E-state index in [-0.39, 0.29) is 6.10 Å². The average Bonchev–Trinajstić information content (AvgIpc) is 2.44. The molecular weight excluding hydrogens is 250 g/mol. The number of nitrogens with one attached hydrogen (secondary N) is 1. The molecule has 4 saturated carbocycles. The fraction of sp³-hybridized carbons (Fsp3) is 1.00. The average molecular weight is 279 g/mol. The lowest BCUT2D eigenvalue weighted by atomic mass is 9.48. The summed E-state index contributed by atoms with van der Waals surface area (Å²) in [6.45, 7) is 5.68. The zero-order valence-electron chi connectivity index (χ0n) is 12.8. The van der Waals surface area contributed by atoms with E-state index in [0.717, 1.165) is 44.1 Å². The maximum Gasteiger partial charge on any atom is 0.0933 e. The summed E-state index contributed by atoms with van der Waals surface area (Å²) < 4.78 is 11.3. The van der Waals surface area contributed by atoms with Gasteiger partial charge in [-0.2, -0.15) is 0 Å². The van der Waals surface area contributed by atoms with Gasteiger partial charge in [0.15, 0.2) is 0 Å². The van der Waals surface area contributed by atoms with E-state index in [1.165, 1.54) is 38.5 Å². The molecule has 5 aliphatic rings. The first-order chi connectivity index (χ1) is 9.73. The van der Waals surface area contributed by atoms with Crippen molar-refractivity contribution < 1.29 is 9.47 Å². The van der Waals surface area contributed by atoms with Crippen molar-refractivity contribution in [2.45, 2.75) is 57.6 Å². The summed E-state index contributed by atoms with van der Waals surface area (Å²) in [5.41, 5.74) is 0.601. The highest BCUT2D eigenvalue weighted by atomic mass is 16.6. The van der Waals surface area contributed by atoms with Crippen LogP contribution in [-0.2, 0) is 9.47 Å². The molecule has 0 amide bonds. The normalized spacial score (nSPS) is 48.5. The van der Waals surface area contributed by atoms with E-state index in [9.17, 15) is 0 Å². The molecule has 3 nitrogen and oxygen atoms in total. The summed E-state index contributed by atoms with van der Waals surface area (Å²) in [4.78, 5) is 0. The number of hydrogen-bond acceptors (Lipinski definition) is 3. The molecule has 3 heteroatoms. The van der Waals surface area contributed by atoms with Crippen LogP contribution < -0.4 is 5.32 Å². The van der Waals surface area contributed by atoms with Crippen molar-refractivity contribution in [3.8, 4) is 0 Å². The lowest BCUT2D eigenvalue weighted by Crippen LogP contribution is -2.56. The Labute approximate surface area is 122 Å². The minimum atomic E-state index is 0.264. The SMILES string of the molecule is CC(NCC1COCCO1)C12CC3CC(CC(C3)C1)C2. The fourth-order valence-electron chi connectivity index (χ4n) is 5.89. The molecule has 0 aromatic heterocycles. The van der Waals surface area contributed by atoms with Gasteiger partial charge in [-0.25, -0.2) is 0 Å². The van der Waals surface area contributed by atoms with Crippen LogP contribution in [0.1, 0.15) is 45.4 Å². The highest BCUT2D eigenvalue weighted by Crippen LogP contribution is 2.61. The molecule has 0 aromatic carbocycles. The Morgan fingerprint density at radius 1 is 1.05 bits per heavy atom. The highest BCUT2D eigenvalue weighted by molar-refractivity contribution is 5.05. The van der Waals surface area contributed by atoms with Gasteiger partial charge in [-0.05, 0) is 68.6 Å². The highest BCUT2D eigenvalue weighted by Gasteiger charge is 2.52. The Kier molecular flexibility index (Phi) is 3.56. The van der Waals surface area contributed by atoms with E-state index < -0.39 is 0 Å². The second-order valence-corrected chi connectivity index (χ2v) is 7.98. The Morgan fingerprint density at radius 3 is 2.25 bits per heavy atom. The van der Waals surface area contributed by atoms with Crippen LogP contribution in [0.25, 0.3) is 0 Å². The van der Waals surface area contributed by atoms with Crippen LogP contribution in [0.15, 0.2) is 0 Å². The summed E-state index contributed by atoms with van der Waals surface area (Å²) in [6, 6.07) is 0.640. The number of ether oxygens (including phenoxy) is 2. The van der Waals surface area contributed by atoms with Crippen LogP contribution in [0.5, 0.6) is 0 Å². The standard InChI is InChI=1S/C17H29NO2/c1-12(18-10-16-11-19-2-3-20-16)17-7-13-4-14(8-17)6-15(5-13)9-17/h12-16,18H,2-11H2,1H3. The van der Waals surface area contributed by atoms with Crippen LogP contribution in [0.2, 0.25) is 0 Å². The van der Waals surface area contributed by atoms with Gasteiger partial charge in [-0.3, -0.25) is 0 Å². The van der Waals surface area contributed by atoms with Gasteiger partial charge in [0.1, 0.15) is 0 Å². The molecular formula is C17H29NO2. The molecule has 2 unspecified atom stereocenters. The lowest BCUT2D eigenvalue weighted by Gasteiger charge is -2.59. The van der Waals surface area contributed by atoms with Crippen LogP contribution in [0.3, 0.4) is 0 Å². The molecule has 2 atom stereocenters. The number of rotatable bonds is 4. The van der Waals surface area contributed by atoms with Crippen molar-refractivity contribution >= 4 is 0 Å². The van der Waals surface area contributed by atoms with Gasteiger partial charge in [0.25, 0.3) is 0 Å². The Balaban J connectivity index is 1.36. The van der Waals surface area contributed by atoms with Crippen LogP contribution in [-0.4, -0.2) is 38.5 Å². The molecule has 20 heavy (non-hydrogen) atoms. The van der Waals surface area contributed by atoms with Gasteiger partial charge in [0, 0.05) is 12.6 Å². The molecule has 1 heterocycles. The smallest absolute Gasteiger partial charge is 0.0933 e. The second-order valence-electron chi connectivity index (χ2n) is 7.98. The van der Waals surface area contributed by atoms with Gasteiger partial charge in [-0.1, -0.05) is 0 Å². The largest absolute Gasteiger partial charge is 0.376 e. The maximum absolute atomic E-state index is 5.76. The molecule has 0 spiro atoms. The van der Waals surface area contributed by atoms with Gasteiger partial charge in [0.2, 0.25) is 0 Å². The summed E-state index contributed by atoms with van der Waals surface area (Å²) in [5, 5.41) is 3.80. The predicted molar refractivity (Wildman–Crippen MR) is 78.6 cm³/mol. The molecule has 1 N–H and O–H groups in total. The third kappa shape index (κ3) is 2.42. The quantitative estimate of drug-likeness (QED) is 0.858. The van der Waals surface area contributed by atoms with Gasteiger partial charge < -0.3 is 14.8 Å². The van der Waals surface area contributed by atoms with E-state index in [2.05, 4.69) is 12.2 Å². The molecule has 4 aliphatic carbocycles. The van der Waals surface area contributed by atoms with Crippen molar-refractivity contribution in [1.82, 2.24) is 5.32 Å². The second kappa shape index (κ2) is 5.26. The first kappa shape index (κ1) is 13.5. The van der Waals surface area contributed by atoms with Crippen molar-refractivity contribution in [2.24, 2.45) is 23.2 Å². The van der Waals surface area contributed by atoms with Gasteiger partial charge in [-0.15, -0.1) is 0 Å². The van der Waals surface area contributed by atoms with Gasteiger partial charge >= 0.3 is 0 Å². The third-order valence-corrected chi connectivity index (χ3v) is 6.54. The Morgan fingerprint density at radius 2 is 1.70 bits per heavy atom. The zero-order chi connectivity index (χ0) is 13.6.